The highest BCUT2D eigenvalue weighted by molar-refractivity contribution is 5.67. The number of hydrogen-bond acceptors (Lipinski definition) is 2. The summed E-state index contributed by atoms with van der Waals surface area (Å²) in [5, 5.41) is 3.38. The minimum Gasteiger partial charge on any atom is -0.467 e. The molecule has 1 N–H and O–H groups in total. The SMILES string of the molecule is CCCNCc1occc1-c1cc(C)cc(C)c1. The van der Waals surface area contributed by atoms with Crippen LogP contribution in [0.4, 0.5) is 0 Å². The van der Waals surface area contributed by atoms with Gasteiger partial charge in [0.1, 0.15) is 5.76 Å². The molecule has 0 radical (unpaired) electrons. The zero-order valence-corrected chi connectivity index (χ0v) is 11.4. The summed E-state index contributed by atoms with van der Waals surface area (Å²) in [6, 6.07) is 8.66. The second-order valence-electron chi connectivity index (χ2n) is 4.81. The summed E-state index contributed by atoms with van der Waals surface area (Å²) in [6.45, 7) is 8.24. The van der Waals surface area contributed by atoms with Gasteiger partial charge in [-0.05, 0) is 38.4 Å². The zero-order chi connectivity index (χ0) is 13.0. The quantitative estimate of drug-likeness (QED) is 0.801. The van der Waals surface area contributed by atoms with E-state index in [-0.39, 0.29) is 0 Å². The van der Waals surface area contributed by atoms with Crippen LogP contribution < -0.4 is 5.32 Å². The van der Waals surface area contributed by atoms with Gasteiger partial charge in [-0.3, -0.25) is 0 Å². The molecule has 1 aromatic heterocycles. The summed E-state index contributed by atoms with van der Waals surface area (Å²) in [4.78, 5) is 0. The molecule has 1 heterocycles. The average molecular weight is 243 g/mol. The Labute approximate surface area is 109 Å². The monoisotopic (exact) mass is 243 g/mol. The van der Waals surface area contributed by atoms with Gasteiger partial charge in [-0.1, -0.05) is 36.2 Å². The maximum Gasteiger partial charge on any atom is 0.125 e. The van der Waals surface area contributed by atoms with Gasteiger partial charge in [0, 0.05) is 5.56 Å². The molecule has 0 aliphatic heterocycles. The number of aryl methyl sites for hydroxylation is 2. The van der Waals surface area contributed by atoms with Gasteiger partial charge < -0.3 is 9.73 Å². The van der Waals surface area contributed by atoms with Crippen molar-refractivity contribution in [2.24, 2.45) is 0 Å². The minimum atomic E-state index is 0.795. The third kappa shape index (κ3) is 3.02. The van der Waals surface area contributed by atoms with E-state index in [9.17, 15) is 0 Å². The maximum atomic E-state index is 5.58. The first-order chi connectivity index (χ1) is 8.70. The number of benzene rings is 1. The van der Waals surface area contributed by atoms with E-state index in [1.807, 2.05) is 0 Å². The Hall–Kier alpha value is -1.54. The minimum absolute atomic E-state index is 0.795. The zero-order valence-electron chi connectivity index (χ0n) is 11.4. The molecule has 0 saturated heterocycles. The third-order valence-corrected chi connectivity index (χ3v) is 2.99. The Balaban J connectivity index is 2.24. The van der Waals surface area contributed by atoms with Gasteiger partial charge in [0.05, 0.1) is 12.8 Å². The van der Waals surface area contributed by atoms with Crippen LogP contribution in [0.3, 0.4) is 0 Å². The summed E-state index contributed by atoms with van der Waals surface area (Å²) in [7, 11) is 0. The average Bonchev–Trinajstić information content (AvgIpc) is 2.76. The molecule has 0 unspecified atom stereocenters. The van der Waals surface area contributed by atoms with Crippen LogP contribution in [0.25, 0.3) is 11.1 Å². The molecule has 0 bridgehead atoms. The van der Waals surface area contributed by atoms with E-state index >= 15 is 0 Å². The predicted molar refractivity (Wildman–Crippen MR) is 75.6 cm³/mol. The molecule has 0 aliphatic rings. The normalized spacial score (nSPS) is 10.8. The highest BCUT2D eigenvalue weighted by atomic mass is 16.3. The van der Waals surface area contributed by atoms with Crippen molar-refractivity contribution in [1.29, 1.82) is 0 Å². The molecule has 2 heteroatoms. The maximum absolute atomic E-state index is 5.58. The van der Waals surface area contributed by atoms with Crippen LogP contribution in [0.2, 0.25) is 0 Å². The van der Waals surface area contributed by atoms with Crippen LogP contribution in [0.15, 0.2) is 34.9 Å². The molecule has 0 amide bonds. The molecule has 2 rings (SSSR count). The van der Waals surface area contributed by atoms with Crippen LogP contribution >= 0.6 is 0 Å². The third-order valence-electron chi connectivity index (χ3n) is 2.99. The highest BCUT2D eigenvalue weighted by Crippen LogP contribution is 2.26. The van der Waals surface area contributed by atoms with E-state index in [0.29, 0.717) is 0 Å². The molecule has 18 heavy (non-hydrogen) atoms. The molecule has 0 aliphatic carbocycles. The van der Waals surface area contributed by atoms with Crippen molar-refractivity contribution in [1.82, 2.24) is 5.32 Å². The standard InChI is InChI=1S/C16H21NO/c1-4-6-17-11-16-15(5-7-18-16)14-9-12(2)8-13(3)10-14/h5,7-10,17H,4,6,11H2,1-3H3. The van der Waals surface area contributed by atoms with Crippen molar-refractivity contribution in [2.75, 3.05) is 6.54 Å². The van der Waals surface area contributed by atoms with E-state index in [2.05, 4.69) is 50.4 Å². The smallest absolute Gasteiger partial charge is 0.125 e. The van der Waals surface area contributed by atoms with Gasteiger partial charge in [-0.25, -0.2) is 0 Å². The Bertz CT molecular complexity index is 493. The molecule has 0 saturated carbocycles. The lowest BCUT2D eigenvalue weighted by Crippen LogP contribution is -2.13. The molecule has 0 fully saturated rings. The summed E-state index contributed by atoms with van der Waals surface area (Å²) < 4.78 is 5.58. The molecular weight excluding hydrogens is 222 g/mol. The van der Waals surface area contributed by atoms with Crippen molar-refractivity contribution >= 4 is 0 Å². The van der Waals surface area contributed by atoms with Gasteiger partial charge in [0.2, 0.25) is 0 Å². The molecular formula is C16H21NO. The highest BCUT2D eigenvalue weighted by Gasteiger charge is 2.08. The fourth-order valence-electron chi connectivity index (χ4n) is 2.24. The fourth-order valence-corrected chi connectivity index (χ4v) is 2.24. The van der Waals surface area contributed by atoms with Crippen LogP contribution in [-0.4, -0.2) is 6.54 Å². The lowest BCUT2D eigenvalue weighted by Gasteiger charge is -2.06. The van der Waals surface area contributed by atoms with Crippen molar-refractivity contribution in [3.05, 3.63) is 47.4 Å². The van der Waals surface area contributed by atoms with Crippen molar-refractivity contribution in [2.45, 2.75) is 33.7 Å². The van der Waals surface area contributed by atoms with Crippen LogP contribution in [0.5, 0.6) is 0 Å². The van der Waals surface area contributed by atoms with Crippen molar-refractivity contribution < 1.29 is 4.42 Å². The lowest BCUT2D eigenvalue weighted by molar-refractivity contribution is 0.484. The summed E-state index contributed by atoms with van der Waals surface area (Å²) in [5.41, 5.74) is 5.03. The fraction of sp³-hybridized carbons (Fsp3) is 0.375. The number of nitrogens with one attached hydrogen (secondary N) is 1. The molecule has 2 aromatic rings. The summed E-state index contributed by atoms with van der Waals surface area (Å²) in [6.07, 6.45) is 2.91. The van der Waals surface area contributed by atoms with Crippen molar-refractivity contribution in [3.63, 3.8) is 0 Å². The first-order valence-electron chi connectivity index (χ1n) is 6.56. The number of rotatable bonds is 5. The van der Waals surface area contributed by atoms with Crippen molar-refractivity contribution in [3.8, 4) is 11.1 Å². The first kappa shape index (κ1) is 12.9. The van der Waals surface area contributed by atoms with Gasteiger partial charge in [0.15, 0.2) is 0 Å². The largest absolute Gasteiger partial charge is 0.467 e. The molecule has 0 atom stereocenters. The Morgan fingerprint density at radius 3 is 2.50 bits per heavy atom. The molecule has 96 valence electrons. The topological polar surface area (TPSA) is 25.2 Å². The second-order valence-corrected chi connectivity index (χ2v) is 4.81. The van der Waals surface area contributed by atoms with E-state index in [1.54, 1.807) is 6.26 Å². The molecule has 1 aromatic carbocycles. The summed E-state index contributed by atoms with van der Waals surface area (Å²) >= 11 is 0. The van der Waals surface area contributed by atoms with Gasteiger partial charge in [0.25, 0.3) is 0 Å². The lowest BCUT2D eigenvalue weighted by atomic mass is 10.0. The number of furan rings is 1. The van der Waals surface area contributed by atoms with Crippen LogP contribution in [0, 0.1) is 13.8 Å². The van der Waals surface area contributed by atoms with Gasteiger partial charge >= 0.3 is 0 Å². The van der Waals surface area contributed by atoms with E-state index in [0.717, 1.165) is 25.3 Å². The van der Waals surface area contributed by atoms with Crippen LogP contribution in [0.1, 0.15) is 30.2 Å². The van der Waals surface area contributed by atoms with Gasteiger partial charge in [-0.2, -0.15) is 0 Å². The Morgan fingerprint density at radius 1 is 1.11 bits per heavy atom. The van der Waals surface area contributed by atoms with Gasteiger partial charge in [-0.15, -0.1) is 0 Å². The Morgan fingerprint density at radius 2 is 1.83 bits per heavy atom. The van der Waals surface area contributed by atoms with Crippen LogP contribution in [-0.2, 0) is 6.54 Å². The second kappa shape index (κ2) is 5.87. The Kier molecular flexibility index (Phi) is 4.21. The predicted octanol–water partition coefficient (Wildman–Crippen LogP) is 4.06. The summed E-state index contributed by atoms with van der Waals surface area (Å²) in [5.74, 6) is 1.02. The van der Waals surface area contributed by atoms with E-state index in [4.69, 9.17) is 4.42 Å². The van der Waals surface area contributed by atoms with E-state index in [1.165, 1.54) is 22.3 Å². The molecule has 0 spiro atoms. The first-order valence-corrected chi connectivity index (χ1v) is 6.56. The molecule has 2 nitrogen and oxygen atoms in total. The number of hydrogen-bond donors (Lipinski definition) is 1. The van der Waals surface area contributed by atoms with E-state index < -0.39 is 0 Å².